The van der Waals surface area contributed by atoms with Crippen molar-refractivity contribution in [3.63, 3.8) is 0 Å². The topological polar surface area (TPSA) is 54.0 Å². The van der Waals surface area contributed by atoms with Crippen LogP contribution < -0.4 is 10.6 Å². The van der Waals surface area contributed by atoms with E-state index in [0.717, 1.165) is 5.69 Å². The zero-order chi connectivity index (χ0) is 12.1. The average Bonchev–Trinajstić information content (AvgIpc) is 2.40. The minimum absolute atomic E-state index is 0.173. The maximum Gasteiger partial charge on any atom is 0.259 e. The highest BCUT2D eigenvalue weighted by atomic mass is 16.1. The highest BCUT2D eigenvalue weighted by Gasteiger charge is 2.10. The molecule has 0 atom stereocenters. The van der Waals surface area contributed by atoms with E-state index in [1.807, 2.05) is 30.3 Å². The molecule has 1 aromatic heterocycles. The van der Waals surface area contributed by atoms with Crippen LogP contribution in [0, 0.1) is 0 Å². The number of aromatic nitrogens is 1. The Hall–Kier alpha value is -2.36. The molecule has 0 unspecified atom stereocenters. The van der Waals surface area contributed by atoms with Gasteiger partial charge in [-0.1, -0.05) is 18.2 Å². The minimum Gasteiger partial charge on any atom is -0.372 e. The molecule has 1 aromatic carbocycles. The van der Waals surface area contributed by atoms with Gasteiger partial charge in [-0.2, -0.15) is 0 Å². The maximum absolute atomic E-state index is 12.0. The Morgan fingerprint density at radius 3 is 2.59 bits per heavy atom. The van der Waals surface area contributed by atoms with Crippen LogP contribution in [0.2, 0.25) is 0 Å². The monoisotopic (exact) mass is 227 g/mol. The van der Waals surface area contributed by atoms with Crippen LogP contribution in [0.15, 0.2) is 48.7 Å². The smallest absolute Gasteiger partial charge is 0.259 e. The summed E-state index contributed by atoms with van der Waals surface area (Å²) in [5.74, 6) is 0.398. The van der Waals surface area contributed by atoms with E-state index in [1.165, 1.54) is 0 Å². The molecule has 1 amide bonds. The number of hydrogen-bond acceptors (Lipinski definition) is 3. The molecule has 0 radical (unpaired) electrons. The van der Waals surface area contributed by atoms with Crippen molar-refractivity contribution < 1.29 is 4.79 Å². The molecular formula is C13H13N3O. The van der Waals surface area contributed by atoms with Crippen LogP contribution in [-0.2, 0) is 0 Å². The third-order valence-electron chi connectivity index (χ3n) is 2.32. The number of para-hydroxylation sites is 1. The Morgan fingerprint density at radius 1 is 1.12 bits per heavy atom. The number of carbonyl (C=O) groups is 1. The van der Waals surface area contributed by atoms with Crippen molar-refractivity contribution in [1.82, 2.24) is 4.98 Å². The SMILES string of the molecule is CNc1ncccc1C(=O)Nc1ccccc1. The molecule has 86 valence electrons. The van der Waals surface area contributed by atoms with Crippen molar-refractivity contribution in [2.24, 2.45) is 0 Å². The second kappa shape index (κ2) is 5.12. The highest BCUT2D eigenvalue weighted by Crippen LogP contribution is 2.13. The molecule has 2 N–H and O–H groups in total. The highest BCUT2D eigenvalue weighted by molar-refractivity contribution is 6.07. The van der Waals surface area contributed by atoms with Gasteiger partial charge in [-0.3, -0.25) is 4.79 Å². The van der Waals surface area contributed by atoms with Crippen LogP contribution in [0.25, 0.3) is 0 Å². The summed E-state index contributed by atoms with van der Waals surface area (Å²) in [5.41, 5.74) is 1.29. The number of carbonyl (C=O) groups excluding carboxylic acids is 1. The summed E-state index contributed by atoms with van der Waals surface area (Å²) in [4.78, 5) is 16.1. The molecule has 2 rings (SSSR count). The minimum atomic E-state index is -0.173. The van der Waals surface area contributed by atoms with Gasteiger partial charge in [-0.05, 0) is 24.3 Å². The Balaban J connectivity index is 2.20. The lowest BCUT2D eigenvalue weighted by molar-refractivity contribution is 0.102. The molecule has 0 bridgehead atoms. The number of nitrogens with one attached hydrogen (secondary N) is 2. The number of hydrogen-bond donors (Lipinski definition) is 2. The predicted molar refractivity (Wildman–Crippen MR) is 68.2 cm³/mol. The van der Waals surface area contributed by atoms with Crippen molar-refractivity contribution in [2.45, 2.75) is 0 Å². The van der Waals surface area contributed by atoms with E-state index in [1.54, 1.807) is 25.4 Å². The quantitative estimate of drug-likeness (QED) is 0.846. The van der Waals surface area contributed by atoms with Crippen LogP contribution in [0.5, 0.6) is 0 Å². The molecule has 1 heterocycles. The van der Waals surface area contributed by atoms with E-state index in [-0.39, 0.29) is 5.91 Å². The van der Waals surface area contributed by atoms with E-state index in [0.29, 0.717) is 11.4 Å². The molecule has 0 saturated heterocycles. The zero-order valence-corrected chi connectivity index (χ0v) is 9.47. The van der Waals surface area contributed by atoms with Gasteiger partial charge < -0.3 is 10.6 Å². The van der Waals surface area contributed by atoms with Crippen LogP contribution in [0.4, 0.5) is 11.5 Å². The first-order chi connectivity index (χ1) is 8.31. The number of pyridine rings is 1. The summed E-state index contributed by atoms with van der Waals surface area (Å²) < 4.78 is 0. The molecule has 4 heteroatoms. The molecule has 0 spiro atoms. The fraction of sp³-hybridized carbons (Fsp3) is 0.0769. The lowest BCUT2D eigenvalue weighted by Gasteiger charge is -2.08. The van der Waals surface area contributed by atoms with Gasteiger partial charge in [-0.15, -0.1) is 0 Å². The molecular weight excluding hydrogens is 214 g/mol. The van der Waals surface area contributed by atoms with Crippen molar-refractivity contribution in [1.29, 1.82) is 0 Å². The van der Waals surface area contributed by atoms with Crippen LogP contribution >= 0.6 is 0 Å². The number of anilines is 2. The van der Waals surface area contributed by atoms with Gasteiger partial charge in [-0.25, -0.2) is 4.98 Å². The molecule has 0 aliphatic carbocycles. The standard InChI is InChI=1S/C13H13N3O/c1-14-12-11(8-5-9-15-12)13(17)16-10-6-3-2-4-7-10/h2-9H,1H3,(H,14,15)(H,16,17). The van der Waals surface area contributed by atoms with Crippen molar-refractivity contribution in [3.05, 3.63) is 54.2 Å². The Bertz CT molecular complexity index is 511. The largest absolute Gasteiger partial charge is 0.372 e. The second-order valence-electron chi connectivity index (χ2n) is 3.47. The van der Waals surface area contributed by atoms with Crippen LogP contribution in [0.1, 0.15) is 10.4 Å². The zero-order valence-electron chi connectivity index (χ0n) is 9.47. The lowest BCUT2D eigenvalue weighted by Crippen LogP contribution is -2.14. The van der Waals surface area contributed by atoms with Gasteiger partial charge in [0.2, 0.25) is 0 Å². The van der Waals surface area contributed by atoms with Crippen LogP contribution in [-0.4, -0.2) is 17.9 Å². The first kappa shape index (κ1) is 11.1. The van der Waals surface area contributed by atoms with E-state index >= 15 is 0 Å². The third kappa shape index (κ3) is 2.60. The first-order valence-corrected chi connectivity index (χ1v) is 5.30. The molecule has 2 aromatic rings. The Morgan fingerprint density at radius 2 is 1.88 bits per heavy atom. The number of amides is 1. The molecule has 4 nitrogen and oxygen atoms in total. The maximum atomic E-state index is 12.0. The predicted octanol–water partition coefficient (Wildman–Crippen LogP) is 2.38. The second-order valence-corrected chi connectivity index (χ2v) is 3.47. The molecule has 17 heavy (non-hydrogen) atoms. The van der Waals surface area contributed by atoms with Gasteiger partial charge in [0, 0.05) is 18.9 Å². The summed E-state index contributed by atoms with van der Waals surface area (Å²) in [6.07, 6.45) is 1.64. The fourth-order valence-electron chi connectivity index (χ4n) is 1.51. The van der Waals surface area contributed by atoms with Gasteiger partial charge in [0.15, 0.2) is 0 Å². The summed E-state index contributed by atoms with van der Waals surface area (Å²) in [5, 5.41) is 5.70. The first-order valence-electron chi connectivity index (χ1n) is 5.30. The molecule has 0 saturated carbocycles. The summed E-state index contributed by atoms with van der Waals surface area (Å²) in [7, 11) is 1.74. The number of nitrogens with zero attached hydrogens (tertiary/aromatic N) is 1. The van der Waals surface area contributed by atoms with Gasteiger partial charge in [0.05, 0.1) is 5.56 Å². The summed E-state index contributed by atoms with van der Waals surface area (Å²) in [6, 6.07) is 12.8. The number of rotatable bonds is 3. The van der Waals surface area contributed by atoms with Crippen molar-refractivity contribution in [3.8, 4) is 0 Å². The van der Waals surface area contributed by atoms with Crippen molar-refractivity contribution >= 4 is 17.4 Å². The van der Waals surface area contributed by atoms with E-state index in [9.17, 15) is 4.79 Å². The van der Waals surface area contributed by atoms with E-state index in [2.05, 4.69) is 15.6 Å². The third-order valence-corrected chi connectivity index (χ3v) is 2.32. The van der Waals surface area contributed by atoms with Gasteiger partial charge >= 0.3 is 0 Å². The summed E-state index contributed by atoms with van der Waals surface area (Å²) in [6.45, 7) is 0. The van der Waals surface area contributed by atoms with E-state index < -0.39 is 0 Å². The summed E-state index contributed by atoms with van der Waals surface area (Å²) >= 11 is 0. The average molecular weight is 227 g/mol. The number of benzene rings is 1. The molecule has 0 aliphatic heterocycles. The normalized spacial score (nSPS) is 9.71. The lowest BCUT2D eigenvalue weighted by atomic mass is 10.2. The van der Waals surface area contributed by atoms with Crippen molar-refractivity contribution in [2.75, 3.05) is 17.7 Å². The molecule has 0 fully saturated rings. The van der Waals surface area contributed by atoms with Crippen LogP contribution in [0.3, 0.4) is 0 Å². The molecule has 0 aliphatic rings. The van der Waals surface area contributed by atoms with E-state index in [4.69, 9.17) is 0 Å². The Labute approximate surface area is 99.7 Å². The van der Waals surface area contributed by atoms with Gasteiger partial charge in [0.25, 0.3) is 5.91 Å². The van der Waals surface area contributed by atoms with Gasteiger partial charge in [0.1, 0.15) is 5.82 Å². The fourth-order valence-corrected chi connectivity index (χ4v) is 1.51. The Kier molecular flexibility index (Phi) is 3.35.